The van der Waals surface area contributed by atoms with Gasteiger partial charge in [-0.2, -0.15) is 0 Å². The molecule has 9 heteroatoms. The number of pyridine rings is 2. The van der Waals surface area contributed by atoms with E-state index < -0.39 is 11.0 Å². The number of aromatic nitrogens is 4. The molecule has 5 rings (SSSR count). The quantitative estimate of drug-likeness (QED) is 0.373. The molecule has 0 bridgehead atoms. The van der Waals surface area contributed by atoms with Crippen molar-refractivity contribution in [3.63, 3.8) is 0 Å². The molecule has 2 aromatic carbocycles. The zero-order valence-corrected chi connectivity index (χ0v) is 18.8. The summed E-state index contributed by atoms with van der Waals surface area (Å²) in [6.45, 7) is 0. The fourth-order valence-corrected chi connectivity index (χ4v) is 4.43. The van der Waals surface area contributed by atoms with E-state index in [1.54, 1.807) is 36.7 Å². The number of nitrogens with zero attached hydrogens (tertiary/aromatic N) is 4. The van der Waals surface area contributed by atoms with Crippen LogP contribution in [0.4, 0.5) is 10.2 Å². The van der Waals surface area contributed by atoms with Gasteiger partial charge in [0.25, 0.3) is 0 Å². The van der Waals surface area contributed by atoms with Crippen LogP contribution in [0.1, 0.15) is 0 Å². The van der Waals surface area contributed by atoms with Crippen molar-refractivity contribution >= 4 is 27.6 Å². The molecular formula is C25H18FN5O2S. The highest BCUT2D eigenvalue weighted by atomic mass is 32.2. The Morgan fingerprint density at radius 3 is 2.68 bits per heavy atom. The first-order valence-electron chi connectivity index (χ1n) is 10.3. The molecule has 0 aliphatic heterocycles. The van der Waals surface area contributed by atoms with Crippen LogP contribution in [-0.4, -0.2) is 31.3 Å². The van der Waals surface area contributed by atoms with Gasteiger partial charge < -0.3 is 4.74 Å². The molecule has 1 N–H and O–H groups in total. The van der Waals surface area contributed by atoms with E-state index in [4.69, 9.17) is 4.74 Å². The third kappa shape index (κ3) is 4.33. The predicted octanol–water partition coefficient (Wildman–Crippen LogP) is 5.04. The van der Waals surface area contributed by atoms with Crippen molar-refractivity contribution in [2.24, 2.45) is 0 Å². The van der Waals surface area contributed by atoms with Crippen LogP contribution in [0, 0.1) is 5.82 Å². The fourth-order valence-electron chi connectivity index (χ4n) is 3.58. The maximum Gasteiger partial charge on any atom is 0.223 e. The molecule has 3 heterocycles. The number of fused-ring (bicyclic) bond motifs is 1. The van der Waals surface area contributed by atoms with Crippen LogP contribution in [0.25, 0.3) is 33.3 Å². The standard InChI is InChI=1S/C25H18FN5O2S/c1-33-25-21(7-8-22(30-25)17-3-2-4-18(26)13-17)24-20-6-5-19(14-16(20)9-12-28-24)34(32)31-23-10-11-27-15-29-23/h2-15H,1H3,(H,27,29,31). The van der Waals surface area contributed by atoms with Gasteiger partial charge >= 0.3 is 0 Å². The van der Waals surface area contributed by atoms with E-state index in [0.717, 1.165) is 10.8 Å². The molecule has 0 radical (unpaired) electrons. The first-order valence-corrected chi connectivity index (χ1v) is 11.4. The van der Waals surface area contributed by atoms with E-state index in [9.17, 15) is 8.60 Å². The van der Waals surface area contributed by atoms with Gasteiger partial charge in [0.15, 0.2) is 11.0 Å². The number of benzene rings is 2. The van der Waals surface area contributed by atoms with Crippen LogP contribution in [0.15, 0.2) is 90.3 Å². The van der Waals surface area contributed by atoms with Crippen LogP contribution < -0.4 is 9.46 Å². The molecule has 0 spiro atoms. The summed E-state index contributed by atoms with van der Waals surface area (Å²) in [5.74, 6) is 0.512. The Balaban J connectivity index is 1.52. The Morgan fingerprint density at radius 2 is 1.88 bits per heavy atom. The maximum atomic E-state index is 13.7. The second kappa shape index (κ2) is 9.32. The van der Waals surface area contributed by atoms with Crippen LogP contribution in [0.3, 0.4) is 0 Å². The molecule has 0 saturated heterocycles. The van der Waals surface area contributed by atoms with Gasteiger partial charge in [-0.3, -0.25) is 9.71 Å². The highest BCUT2D eigenvalue weighted by Gasteiger charge is 2.15. The minimum atomic E-state index is -1.50. The first-order chi connectivity index (χ1) is 16.6. The van der Waals surface area contributed by atoms with Gasteiger partial charge in [-0.15, -0.1) is 0 Å². The van der Waals surface area contributed by atoms with Crippen LogP contribution >= 0.6 is 0 Å². The average Bonchev–Trinajstić information content (AvgIpc) is 2.88. The molecule has 3 aromatic heterocycles. The van der Waals surface area contributed by atoms with Gasteiger partial charge in [0.2, 0.25) is 5.88 Å². The molecule has 7 nitrogen and oxygen atoms in total. The molecule has 0 aliphatic carbocycles. The van der Waals surface area contributed by atoms with Crippen molar-refractivity contribution in [1.29, 1.82) is 0 Å². The number of halogens is 1. The van der Waals surface area contributed by atoms with Crippen molar-refractivity contribution in [3.05, 3.63) is 91.3 Å². The molecule has 1 atom stereocenters. The van der Waals surface area contributed by atoms with Gasteiger partial charge in [0.05, 0.1) is 29.0 Å². The number of nitrogens with one attached hydrogen (secondary N) is 1. The van der Waals surface area contributed by atoms with E-state index in [0.29, 0.717) is 39.1 Å². The predicted molar refractivity (Wildman–Crippen MR) is 129 cm³/mol. The lowest BCUT2D eigenvalue weighted by Crippen LogP contribution is -2.06. The lowest BCUT2D eigenvalue weighted by molar-refractivity contribution is 0.400. The summed E-state index contributed by atoms with van der Waals surface area (Å²) in [5, 5.41) is 1.71. The first kappa shape index (κ1) is 21.6. The number of hydrogen-bond donors (Lipinski definition) is 1. The summed E-state index contributed by atoms with van der Waals surface area (Å²) < 4.78 is 34.9. The fraction of sp³-hybridized carbons (Fsp3) is 0.0400. The summed E-state index contributed by atoms with van der Waals surface area (Å²) in [5.41, 5.74) is 2.61. The summed E-state index contributed by atoms with van der Waals surface area (Å²) in [6, 6.07) is 18.9. The van der Waals surface area contributed by atoms with Crippen LogP contribution in [0.5, 0.6) is 5.88 Å². The summed E-state index contributed by atoms with van der Waals surface area (Å²) in [6.07, 6.45) is 4.65. The lowest BCUT2D eigenvalue weighted by atomic mass is 10.0. The monoisotopic (exact) mass is 471 g/mol. The second-order valence-electron chi connectivity index (χ2n) is 7.27. The Bertz CT molecular complexity index is 1510. The average molecular weight is 472 g/mol. The minimum absolute atomic E-state index is 0.333. The van der Waals surface area contributed by atoms with Crippen molar-refractivity contribution in [3.8, 4) is 28.4 Å². The SMILES string of the molecule is COc1nc(-c2cccc(F)c2)ccc1-c1nccc2cc(S(=O)Nc3ccncn3)ccc12. The number of hydrogen-bond acceptors (Lipinski definition) is 6. The van der Waals surface area contributed by atoms with E-state index in [-0.39, 0.29) is 5.82 Å². The molecule has 5 aromatic rings. The van der Waals surface area contributed by atoms with Crippen LogP contribution in [0.2, 0.25) is 0 Å². The molecule has 34 heavy (non-hydrogen) atoms. The number of ether oxygens (including phenoxy) is 1. The summed E-state index contributed by atoms with van der Waals surface area (Å²) >= 11 is 0. The zero-order valence-electron chi connectivity index (χ0n) is 18.0. The normalized spacial score (nSPS) is 11.8. The smallest absolute Gasteiger partial charge is 0.223 e. The highest BCUT2D eigenvalue weighted by molar-refractivity contribution is 7.86. The molecule has 0 amide bonds. The van der Waals surface area contributed by atoms with Crippen molar-refractivity contribution in [2.75, 3.05) is 11.8 Å². The number of rotatable bonds is 6. The third-order valence-corrected chi connectivity index (χ3v) is 6.23. The van der Waals surface area contributed by atoms with Crippen molar-refractivity contribution in [1.82, 2.24) is 19.9 Å². The van der Waals surface area contributed by atoms with Crippen molar-refractivity contribution in [2.45, 2.75) is 4.90 Å². The van der Waals surface area contributed by atoms with Gasteiger partial charge in [0, 0.05) is 23.3 Å². The van der Waals surface area contributed by atoms with E-state index in [1.165, 1.54) is 25.6 Å². The topological polar surface area (TPSA) is 89.9 Å². The Kier molecular flexibility index (Phi) is 5.92. The molecule has 1 unspecified atom stereocenters. The van der Waals surface area contributed by atoms with E-state index in [1.807, 2.05) is 30.3 Å². The van der Waals surface area contributed by atoms with Gasteiger partial charge in [-0.1, -0.05) is 18.2 Å². The maximum absolute atomic E-state index is 13.7. The van der Waals surface area contributed by atoms with Crippen LogP contribution in [-0.2, 0) is 11.0 Å². The second-order valence-corrected chi connectivity index (χ2v) is 8.48. The Hall–Kier alpha value is -4.24. The van der Waals surface area contributed by atoms with E-state index >= 15 is 0 Å². The van der Waals surface area contributed by atoms with Gasteiger partial charge in [0.1, 0.15) is 18.0 Å². The van der Waals surface area contributed by atoms with E-state index in [2.05, 4.69) is 24.7 Å². The molecular weight excluding hydrogens is 453 g/mol. The molecule has 0 saturated carbocycles. The largest absolute Gasteiger partial charge is 0.480 e. The van der Waals surface area contributed by atoms with Crippen molar-refractivity contribution < 1.29 is 13.3 Å². The summed E-state index contributed by atoms with van der Waals surface area (Å²) in [4.78, 5) is 17.6. The summed E-state index contributed by atoms with van der Waals surface area (Å²) in [7, 11) is 0.0320. The zero-order chi connectivity index (χ0) is 23.5. The minimum Gasteiger partial charge on any atom is -0.480 e. The number of anilines is 1. The molecule has 0 aliphatic rings. The number of methoxy groups -OCH3 is 1. The van der Waals surface area contributed by atoms with Gasteiger partial charge in [-0.25, -0.2) is 23.6 Å². The van der Waals surface area contributed by atoms with Gasteiger partial charge in [-0.05, 0) is 53.9 Å². The lowest BCUT2D eigenvalue weighted by Gasteiger charge is -2.12. The Labute approximate surface area is 197 Å². The molecule has 168 valence electrons. The Morgan fingerprint density at radius 1 is 0.971 bits per heavy atom. The third-order valence-electron chi connectivity index (χ3n) is 5.16. The highest BCUT2D eigenvalue weighted by Crippen LogP contribution is 2.34. The molecule has 0 fully saturated rings.